The van der Waals surface area contributed by atoms with Crippen LogP contribution in [0.25, 0.3) is 16.2 Å². The molecule has 0 amide bonds. The van der Waals surface area contributed by atoms with Crippen molar-refractivity contribution in [2.75, 3.05) is 0 Å². The van der Waals surface area contributed by atoms with Crippen LogP contribution in [0.4, 0.5) is 0 Å². The number of hydrogen-bond donors (Lipinski definition) is 0. The summed E-state index contributed by atoms with van der Waals surface area (Å²) in [5, 5.41) is 15.1. The third-order valence-electron chi connectivity index (χ3n) is 3.58. The van der Waals surface area contributed by atoms with Gasteiger partial charge in [0.1, 0.15) is 16.8 Å². The monoisotopic (exact) mass is 280 g/mol. The SMILES string of the molecule is Cc1ccc(-c2nc3sc(C4CC4)nn3c2C#N)cc1. The summed E-state index contributed by atoms with van der Waals surface area (Å²) in [6.07, 6.45) is 2.42. The Labute approximate surface area is 120 Å². The van der Waals surface area contributed by atoms with Crippen molar-refractivity contribution in [3.63, 3.8) is 0 Å². The summed E-state index contributed by atoms with van der Waals surface area (Å²) in [4.78, 5) is 5.43. The molecule has 0 atom stereocenters. The van der Waals surface area contributed by atoms with Crippen molar-refractivity contribution in [2.24, 2.45) is 0 Å². The highest BCUT2D eigenvalue weighted by Gasteiger charge is 2.29. The summed E-state index contributed by atoms with van der Waals surface area (Å²) in [6, 6.07) is 10.3. The molecule has 0 saturated heterocycles. The summed E-state index contributed by atoms with van der Waals surface area (Å²) in [6.45, 7) is 2.05. The lowest BCUT2D eigenvalue weighted by Gasteiger charge is -1.98. The molecule has 20 heavy (non-hydrogen) atoms. The smallest absolute Gasteiger partial charge is 0.214 e. The Bertz CT molecular complexity index is 831. The van der Waals surface area contributed by atoms with Crippen molar-refractivity contribution in [3.8, 4) is 17.3 Å². The molecule has 0 unspecified atom stereocenters. The highest BCUT2D eigenvalue weighted by atomic mass is 32.1. The molecule has 1 aromatic carbocycles. The predicted octanol–water partition coefficient (Wildman–Crippen LogP) is 3.52. The number of rotatable bonds is 2. The van der Waals surface area contributed by atoms with Crippen LogP contribution in [0.2, 0.25) is 0 Å². The van der Waals surface area contributed by atoms with E-state index in [1.807, 2.05) is 31.2 Å². The minimum Gasteiger partial charge on any atom is -0.216 e. The van der Waals surface area contributed by atoms with Gasteiger partial charge in [-0.2, -0.15) is 14.9 Å². The molecule has 1 aliphatic carbocycles. The molecule has 0 bridgehead atoms. The summed E-state index contributed by atoms with van der Waals surface area (Å²) in [5.74, 6) is 0.594. The maximum absolute atomic E-state index is 9.44. The van der Waals surface area contributed by atoms with E-state index < -0.39 is 0 Å². The largest absolute Gasteiger partial charge is 0.216 e. The zero-order valence-electron chi connectivity index (χ0n) is 11.0. The van der Waals surface area contributed by atoms with Gasteiger partial charge in [-0.3, -0.25) is 0 Å². The molecule has 2 heterocycles. The number of hydrogen-bond acceptors (Lipinski definition) is 4. The standard InChI is InChI=1S/C15H12N4S/c1-9-2-4-10(5-3-9)13-12(8-16)19-15(17-13)20-14(18-19)11-6-7-11/h2-5,11H,6-7H2,1H3. The van der Waals surface area contributed by atoms with E-state index in [4.69, 9.17) is 0 Å². The Balaban J connectivity index is 1.89. The van der Waals surface area contributed by atoms with E-state index in [-0.39, 0.29) is 0 Å². The van der Waals surface area contributed by atoms with Crippen LogP contribution in [-0.2, 0) is 0 Å². The molecule has 4 nitrogen and oxygen atoms in total. The Morgan fingerprint density at radius 2 is 2.05 bits per heavy atom. The lowest BCUT2D eigenvalue weighted by molar-refractivity contribution is 0.893. The first-order valence-corrected chi connectivity index (χ1v) is 7.44. The minimum absolute atomic E-state index is 0.534. The van der Waals surface area contributed by atoms with Gasteiger partial charge in [-0.25, -0.2) is 4.98 Å². The zero-order chi connectivity index (χ0) is 13.7. The van der Waals surface area contributed by atoms with Crippen LogP contribution < -0.4 is 0 Å². The van der Waals surface area contributed by atoms with Gasteiger partial charge in [0.2, 0.25) is 4.96 Å². The van der Waals surface area contributed by atoms with Gasteiger partial charge in [0.25, 0.3) is 0 Å². The normalized spacial score (nSPS) is 14.6. The molecule has 5 heteroatoms. The van der Waals surface area contributed by atoms with Crippen molar-refractivity contribution < 1.29 is 0 Å². The summed E-state index contributed by atoms with van der Waals surface area (Å²) in [7, 11) is 0. The summed E-state index contributed by atoms with van der Waals surface area (Å²) < 4.78 is 1.70. The van der Waals surface area contributed by atoms with Crippen LogP contribution in [0.5, 0.6) is 0 Å². The molecule has 1 fully saturated rings. The van der Waals surface area contributed by atoms with Gasteiger partial charge in [-0.15, -0.1) is 0 Å². The van der Waals surface area contributed by atoms with E-state index in [2.05, 4.69) is 16.2 Å². The van der Waals surface area contributed by atoms with Crippen molar-refractivity contribution in [2.45, 2.75) is 25.7 Å². The molecule has 0 spiro atoms. The molecule has 0 radical (unpaired) electrons. The molecule has 1 aliphatic rings. The fraction of sp³-hybridized carbons (Fsp3) is 0.267. The Kier molecular flexibility index (Phi) is 2.41. The molecule has 3 aromatic rings. The van der Waals surface area contributed by atoms with Crippen LogP contribution in [0.3, 0.4) is 0 Å². The number of aromatic nitrogens is 3. The second kappa shape index (κ2) is 4.15. The maximum Gasteiger partial charge on any atom is 0.214 e. The maximum atomic E-state index is 9.44. The van der Waals surface area contributed by atoms with E-state index in [9.17, 15) is 5.26 Å². The highest BCUT2D eigenvalue weighted by Crippen LogP contribution is 2.42. The first-order valence-electron chi connectivity index (χ1n) is 6.63. The van der Waals surface area contributed by atoms with Crippen molar-refractivity contribution in [3.05, 3.63) is 40.5 Å². The molecular weight excluding hydrogens is 268 g/mol. The third kappa shape index (κ3) is 1.73. The van der Waals surface area contributed by atoms with Crippen LogP contribution >= 0.6 is 11.3 Å². The second-order valence-corrected chi connectivity index (χ2v) is 6.18. The number of nitriles is 1. The molecule has 98 valence electrons. The van der Waals surface area contributed by atoms with E-state index in [0.717, 1.165) is 21.2 Å². The molecule has 0 N–H and O–H groups in total. The highest BCUT2D eigenvalue weighted by molar-refractivity contribution is 7.16. The quantitative estimate of drug-likeness (QED) is 0.721. The van der Waals surface area contributed by atoms with Crippen LogP contribution in [0.15, 0.2) is 24.3 Å². The average Bonchev–Trinajstić information content (AvgIpc) is 3.13. The topological polar surface area (TPSA) is 54.0 Å². The van der Waals surface area contributed by atoms with Gasteiger partial charge < -0.3 is 0 Å². The molecule has 2 aromatic heterocycles. The Morgan fingerprint density at radius 3 is 2.70 bits per heavy atom. The Hall–Kier alpha value is -2.19. The van der Waals surface area contributed by atoms with Gasteiger partial charge >= 0.3 is 0 Å². The Morgan fingerprint density at radius 1 is 1.30 bits per heavy atom. The average molecular weight is 280 g/mol. The molecule has 1 saturated carbocycles. The van der Waals surface area contributed by atoms with E-state index in [0.29, 0.717) is 11.6 Å². The fourth-order valence-corrected chi connectivity index (χ4v) is 3.34. The number of nitrogens with zero attached hydrogens (tertiary/aromatic N) is 4. The van der Waals surface area contributed by atoms with Crippen molar-refractivity contribution >= 4 is 16.3 Å². The molecule has 0 aliphatic heterocycles. The fourth-order valence-electron chi connectivity index (χ4n) is 2.27. The van der Waals surface area contributed by atoms with Gasteiger partial charge in [-0.05, 0) is 19.8 Å². The first-order chi connectivity index (χ1) is 9.76. The van der Waals surface area contributed by atoms with Gasteiger partial charge in [0, 0.05) is 11.5 Å². The number of fused-ring (bicyclic) bond motifs is 1. The zero-order valence-corrected chi connectivity index (χ0v) is 11.8. The number of benzene rings is 1. The second-order valence-electron chi connectivity index (χ2n) is 5.20. The summed E-state index contributed by atoms with van der Waals surface area (Å²) in [5.41, 5.74) is 3.43. The minimum atomic E-state index is 0.534. The number of aryl methyl sites for hydroxylation is 1. The molecular formula is C15H12N4S. The van der Waals surface area contributed by atoms with Gasteiger partial charge in [0.05, 0.1) is 0 Å². The van der Waals surface area contributed by atoms with E-state index in [1.165, 1.54) is 18.4 Å². The van der Waals surface area contributed by atoms with Crippen LogP contribution in [-0.4, -0.2) is 14.6 Å². The first kappa shape index (κ1) is 11.6. The van der Waals surface area contributed by atoms with E-state index >= 15 is 0 Å². The number of imidazole rings is 1. The van der Waals surface area contributed by atoms with Crippen molar-refractivity contribution in [1.29, 1.82) is 5.26 Å². The predicted molar refractivity (Wildman–Crippen MR) is 77.7 cm³/mol. The van der Waals surface area contributed by atoms with Crippen molar-refractivity contribution in [1.82, 2.24) is 14.6 Å². The third-order valence-corrected chi connectivity index (χ3v) is 4.65. The van der Waals surface area contributed by atoms with E-state index in [1.54, 1.807) is 15.9 Å². The van der Waals surface area contributed by atoms with Gasteiger partial charge in [-0.1, -0.05) is 41.2 Å². The van der Waals surface area contributed by atoms with Crippen LogP contribution in [0, 0.1) is 18.3 Å². The lowest BCUT2D eigenvalue weighted by Crippen LogP contribution is -1.91. The lowest BCUT2D eigenvalue weighted by atomic mass is 10.1. The molecule has 4 rings (SSSR count). The van der Waals surface area contributed by atoms with Crippen LogP contribution in [0.1, 0.15) is 35.0 Å². The van der Waals surface area contributed by atoms with Gasteiger partial charge in [0.15, 0.2) is 5.69 Å². The summed E-state index contributed by atoms with van der Waals surface area (Å²) >= 11 is 1.61.